The fraction of sp³-hybridized carbons (Fsp3) is 0.417. The molecule has 2 fully saturated rings. The Bertz CT molecular complexity index is 959. The van der Waals surface area contributed by atoms with E-state index in [4.69, 9.17) is 14.2 Å². The van der Waals surface area contributed by atoms with Crippen LogP contribution in [-0.2, 0) is 16.1 Å². The molecule has 0 aliphatic carbocycles. The van der Waals surface area contributed by atoms with Crippen LogP contribution >= 0.6 is 0 Å². The minimum atomic E-state index is -0.529. The molecule has 0 saturated carbocycles. The van der Waals surface area contributed by atoms with E-state index in [1.54, 1.807) is 37.3 Å². The van der Waals surface area contributed by atoms with Gasteiger partial charge >= 0.3 is 6.03 Å². The maximum Gasteiger partial charge on any atom is 0.321 e. The maximum atomic E-state index is 13.2. The molecule has 2 saturated heterocycles. The quantitative estimate of drug-likeness (QED) is 0.774. The van der Waals surface area contributed by atoms with Crippen molar-refractivity contribution >= 4 is 17.6 Å². The van der Waals surface area contributed by atoms with Gasteiger partial charge in [0.2, 0.25) is 5.91 Å². The highest BCUT2D eigenvalue weighted by Crippen LogP contribution is 2.33. The third-order valence-electron chi connectivity index (χ3n) is 6.14. The minimum Gasteiger partial charge on any atom is -0.493 e. The van der Waals surface area contributed by atoms with Crippen LogP contribution in [0.5, 0.6) is 11.5 Å². The molecule has 32 heavy (non-hydrogen) atoms. The van der Waals surface area contributed by atoms with Gasteiger partial charge in [-0.25, -0.2) is 4.79 Å². The zero-order chi connectivity index (χ0) is 22.6. The monoisotopic (exact) mass is 439 g/mol. The first-order valence-corrected chi connectivity index (χ1v) is 10.7. The molecule has 170 valence electrons. The number of ether oxygens (including phenoxy) is 3. The van der Waals surface area contributed by atoms with E-state index in [2.05, 4.69) is 5.32 Å². The number of hydrogen-bond acceptors (Lipinski definition) is 5. The molecule has 1 atom stereocenters. The van der Waals surface area contributed by atoms with Gasteiger partial charge in [-0.05, 0) is 24.1 Å². The largest absolute Gasteiger partial charge is 0.493 e. The number of carbonyl (C=O) groups excluding carboxylic acids is 2. The van der Waals surface area contributed by atoms with Crippen molar-refractivity contribution in [1.82, 2.24) is 9.80 Å². The first-order chi connectivity index (χ1) is 15.5. The van der Waals surface area contributed by atoms with E-state index in [-0.39, 0.29) is 18.4 Å². The SMILES string of the molecule is COc1ccc(NC(=O)N2CCC(=O)N(Cc3ccccc3)C3(CCOC3)C2)cc1OC. The highest BCUT2D eigenvalue weighted by Gasteiger charge is 2.47. The van der Waals surface area contributed by atoms with Crippen LogP contribution in [0.1, 0.15) is 18.4 Å². The summed E-state index contributed by atoms with van der Waals surface area (Å²) in [7, 11) is 3.11. The number of methoxy groups -OCH3 is 2. The molecule has 1 unspecified atom stereocenters. The first kappa shape index (κ1) is 22.0. The number of urea groups is 1. The third-order valence-corrected chi connectivity index (χ3v) is 6.14. The molecule has 0 aromatic heterocycles. The maximum absolute atomic E-state index is 13.2. The Kier molecular flexibility index (Phi) is 6.50. The lowest BCUT2D eigenvalue weighted by molar-refractivity contribution is -0.137. The van der Waals surface area contributed by atoms with E-state index in [9.17, 15) is 9.59 Å². The highest BCUT2D eigenvalue weighted by molar-refractivity contribution is 5.90. The lowest BCUT2D eigenvalue weighted by Gasteiger charge is -2.40. The Hall–Kier alpha value is -3.26. The molecule has 2 aliphatic rings. The van der Waals surface area contributed by atoms with Gasteiger partial charge in [0.25, 0.3) is 0 Å². The predicted molar refractivity (Wildman–Crippen MR) is 120 cm³/mol. The normalized spacial score (nSPS) is 20.9. The molecule has 1 N–H and O–H groups in total. The van der Waals surface area contributed by atoms with E-state index < -0.39 is 5.54 Å². The summed E-state index contributed by atoms with van der Waals surface area (Å²) in [4.78, 5) is 29.9. The Morgan fingerprint density at radius 1 is 1.12 bits per heavy atom. The van der Waals surface area contributed by atoms with Gasteiger partial charge in [-0.1, -0.05) is 30.3 Å². The lowest BCUT2D eigenvalue weighted by atomic mass is 9.94. The fourth-order valence-corrected chi connectivity index (χ4v) is 4.40. The topological polar surface area (TPSA) is 80.3 Å². The van der Waals surface area contributed by atoms with Gasteiger partial charge in [0.15, 0.2) is 11.5 Å². The third kappa shape index (κ3) is 4.50. The van der Waals surface area contributed by atoms with E-state index in [0.717, 1.165) is 5.56 Å². The summed E-state index contributed by atoms with van der Waals surface area (Å²) in [5, 5.41) is 2.93. The summed E-state index contributed by atoms with van der Waals surface area (Å²) >= 11 is 0. The van der Waals surface area contributed by atoms with Crippen molar-refractivity contribution in [2.24, 2.45) is 0 Å². The van der Waals surface area contributed by atoms with Crippen molar-refractivity contribution < 1.29 is 23.8 Å². The number of anilines is 1. The second-order valence-electron chi connectivity index (χ2n) is 8.16. The lowest BCUT2D eigenvalue weighted by Crippen LogP contribution is -2.56. The van der Waals surface area contributed by atoms with Crippen LogP contribution in [-0.4, -0.2) is 67.8 Å². The van der Waals surface area contributed by atoms with Gasteiger partial charge < -0.3 is 29.3 Å². The van der Waals surface area contributed by atoms with Crippen LogP contribution in [0.3, 0.4) is 0 Å². The molecule has 8 nitrogen and oxygen atoms in total. The minimum absolute atomic E-state index is 0.0424. The van der Waals surface area contributed by atoms with E-state index in [1.807, 2.05) is 35.2 Å². The van der Waals surface area contributed by atoms with E-state index in [0.29, 0.717) is 56.5 Å². The van der Waals surface area contributed by atoms with Crippen molar-refractivity contribution in [2.45, 2.75) is 24.9 Å². The van der Waals surface area contributed by atoms with Crippen LogP contribution in [0.4, 0.5) is 10.5 Å². The summed E-state index contributed by atoms with van der Waals surface area (Å²) in [6.07, 6.45) is 0.972. The van der Waals surface area contributed by atoms with Crippen molar-refractivity contribution in [2.75, 3.05) is 45.8 Å². The second kappa shape index (κ2) is 9.48. The zero-order valence-corrected chi connectivity index (χ0v) is 18.5. The number of benzene rings is 2. The van der Waals surface area contributed by atoms with E-state index >= 15 is 0 Å². The Morgan fingerprint density at radius 2 is 1.91 bits per heavy atom. The van der Waals surface area contributed by atoms with Crippen LogP contribution < -0.4 is 14.8 Å². The van der Waals surface area contributed by atoms with Crippen LogP contribution in [0.25, 0.3) is 0 Å². The molecule has 2 aromatic rings. The van der Waals surface area contributed by atoms with Crippen molar-refractivity contribution in [3.05, 3.63) is 54.1 Å². The van der Waals surface area contributed by atoms with Crippen molar-refractivity contribution in [1.29, 1.82) is 0 Å². The van der Waals surface area contributed by atoms with Gasteiger partial charge in [-0.3, -0.25) is 4.79 Å². The molecule has 2 heterocycles. The Balaban J connectivity index is 1.53. The molecule has 2 aromatic carbocycles. The summed E-state index contributed by atoms with van der Waals surface area (Å²) in [5.74, 6) is 1.16. The van der Waals surface area contributed by atoms with Crippen LogP contribution in [0.2, 0.25) is 0 Å². The van der Waals surface area contributed by atoms with Gasteiger partial charge in [0.05, 0.1) is 26.4 Å². The smallest absolute Gasteiger partial charge is 0.321 e. The average molecular weight is 440 g/mol. The van der Waals surface area contributed by atoms with Gasteiger partial charge in [0.1, 0.15) is 0 Å². The van der Waals surface area contributed by atoms with Gasteiger partial charge in [-0.15, -0.1) is 0 Å². The molecule has 4 rings (SSSR count). The fourth-order valence-electron chi connectivity index (χ4n) is 4.40. The summed E-state index contributed by atoms with van der Waals surface area (Å²) in [5.41, 5.74) is 1.13. The Labute approximate surface area is 188 Å². The first-order valence-electron chi connectivity index (χ1n) is 10.7. The zero-order valence-electron chi connectivity index (χ0n) is 18.5. The van der Waals surface area contributed by atoms with Gasteiger partial charge in [0, 0.05) is 44.4 Å². The summed E-state index contributed by atoms with van der Waals surface area (Å²) < 4.78 is 16.3. The number of amides is 3. The van der Waals surface area contributed by atoms with Crippen LogP contribution in [0.15, 0.2) is 48.5 Å². The molecule has 3 amide bonds. The van der Waals surface area contributed by atoms with Crippen molar-refractivity contribution in [3.63, 3.8) is 0 Å². The number of nitrogens with zero attached hydrogens (tertiary/aromatic N) is 2. The van der Waals surface area contributed by atoms with Crippen LogP contribution in [0, 0.1) is 0 Å². The number of rotatable bonds is 5. The van der Waals surface area contributed by atoms with Crippen molar-refractivity contribution in [3.8, 4) is 11.5 Å². The molecule has 0 radical (unpaired) electrons. The highest BCUT2D eigenvalue weighted by atomic mass is 16.5. The molecular weight excluding hydrogens is 410 g/mol. The number of hydrogen-bond donors (Lipinski definition) is 1. The summed E-state index contributed by atoms with van der Waals surface area (Å²) in [6.45, 7) is 2.28. The number of carbonyl (C=O) groups is 2. The van der Waals surface area contributed by atoms with E-state index in [1.165, 1.54) is 0 Å². The molecule has 1 spiro atoms. The molecule has 2 aliphatic heterocycles. The number of nitrogens with one attached hydrogen (secondary N) is 1. The molecule has 8 heteroatoms. The predicted octanol–water partition coefficient (Wildman–Crippen LogP) is 3.13. The second-order valence-corrected chi connectivity index (χ2v) is 8.16. The molecule has 0 bridgehead atoms. The average Bonchev–Trinajstić information content (AvgIpc) is 3.24. The molecular formula is C24H29N3O5. The summed E-state index contributed by atoms with van der Waals surface area (Å²) in [6, 6.07) is 14.9. The van der Waals surface area contributed by atoms with Gasteiger partial charge in [-0.2, -0.15) is 0 Å². The standard InChI is InChI=1S/C24H29N3O5/c1-30-20-9-8-19(14-21(20)31-2)25-23(29)26-12-10-22(28)27(15-18-6-4-3-5-7-18)24(16-26)11-13-32-17-24/h3-9,14H,10-13,15-17H2,1-2H3,(H,25,29). The Morgan fingerprint density at radius 3 is 2.59 bits per heavy atom.